The smallest absolute Gasteiger partial charge is 0.407 e. The minimum absolute atomic E-state index is 0.0292. The number of carbonyl (C=O) groups is 2. The van der Waals surface area contributed by atoms with Crippen molar-refractivity contribution in [1.29, 1.82) is 0 Å². The predicted molar refractivity (Wildman–Crippen MR) is 119 cm³/mol. The number of hydrogen-bond donors (Lipinski definition) is 2. The third kappa shape index (κ3) is 4.72. The van der Waals surface area contributed by atoms with Gasteiger partial charge in [-0.1, -0.05) is 72.3 Å². The summed E-state index contributed by atoms with van der Waals surface area (Å²) in [5.74, 6) is -1.81. The average molecular weight is 436 g/mol. The molecule has 0 heterocycles. The first-order valence-corrected chi connectivity index (χ1v) is 10.5. The van der Waals surface area contributed by atoms with Crippen LogP contribution in [0.15, 0.2) is 72.8 Å². The minimum atomic E-state index is -0.987. The number of fused-ring (bicyclic) bond motifs is 3. The molecule has 0 spiro atoms. The van der Waals surface area contributed by atoms with E-state index in [2.05, 4.69) is 17.4 Å². The molecule has 31 heavy (non-hydrogen) atoms. The van der Waals surface area contributed by atoms with Gasteiger partial charge < -0.3 is 15.2 Å². The largest absolute Gasteiger partial charge is 0.481 e. The Bertz CT molecular complexity index is 1070. The highest BCUT2D eigenvalue weighted by molar-refractivity contribution is 6.30. The van der Waals surface area contributed by atoms with E-state index in [1.54, 1.807) is 18.2 Å². The van der Waals surface area contributed by atoms with Gasteiger partial charge in [-0.15, -0.1) is 0 Å². The molecular weight excluding hydrogens is 414 g/mol. The summed E-state index contributed by atoms with van der Waals surface area (Å²) >= 11 is 5.97. The second-order valence-corrected chi connectivity index (χ2v) is 8.01. The van der Waals surface area contributed by atoms with Crippen LogP contribution < -0.4 is 5.32 Å². The molecule has 1 unspecified atom stereocenters. The van der Waals surface area contributed by atoms with Crippen LogP contribution in [0.1, 0.15) is 22.6 Å². The van der Waals surface area contributed by atoms with Crippen molar-refractivity contribution in [3.8, 4) is 11.1 Å². The fourth-order valence-electron chi connectivity index (χ4n) is 4.05. The van der Waals surface area contributed by atoms with Gasteiger partial charge in [0.2, 0.25) is 0 Å². The van der Waals surface area contributed by atoms with E-state index in [9.17, 15) is 14.7 Å². The molecule has 0 bridgehead atoms. The molecule has 0 radical (unpaired) electrons. The molecule has 4 rings (SSSR count). The number of carboxylic acids is 1. The molecule has 158 valence electrons. The maximum Gasteiger partial charge on any atom is 0.407 e. The Labute approximate surface area is 185 Å². The van der Waals surface area contributed by atoms with Crippen LogP contribution in [-0.2, 0) is 16.0 Å². The van der Waals surface area contributed by atoms with Gasteiger partial charge in [-0.3, -0.25) is 4.79 Å². The van der Waals surface area contributed by atoms with Crippen molar-refractivity contribution in [3.63, 3.8) is 0 Å². The maximum absolute atomic E-state index is 12.3. The molecule has 0 fully saturated rings. The normalized spacial score (nSPS) is 13.2. The van der Waals surface area contributed by atoms with Crippen molar-refractivity contribution in [3.05, 3.63) is 94.5 Å². The minimum Gasteiger partial charge on any atom is -0.481 e. The van der Waals surface area contributed by atoms with Crippen molar-refractivity contribution >= 4 is 23.7 Å². The lowest BCUT2D eigenvalue weighted by molar-refractivity contribution is -0.141. The van der Waals surface area contributed by atoms with Gasteiger partial charge in [-0.2, -0.15) is 0 Å². The van der Waals surface area contributed by atoms with Crippen LogP contribution in [0.3, 0.4) is 0 Å². The van der Waals surface area contributed by atoms with Gasteiger partial charge in [-0.05, 0) is 46.4 Å². The highest BCUT2D eigenvalue weighted by Gasteiger charge is 2.29. The summed E-state index contributed by atoms with van der Waals surface area (Å²) in [6.45, 7) is 0.157. The van der Waals surface area contributed by atoms with E-state index in [0.29, 0.717) is 5.02 Å². The Balaban J connectivity index is 1.36. The molecule has 0 saturated carbocycles. The number of rotatable bonds is 7. The van der Waals surface area contributed by atoms with Crippen LogP contribution in [0, 0.1) is 5.92 Å². The van der Waals surface area contributed by atoms with Crippen molar-refractivity contribution in [1.82, 2.24) is 5.32 Å². The SMILES string of the molecule is O=C(NCC(Cc1cccc(Cl)c1)C(=O)O)OCC1c2ccccc2-c2ccccc21. The van der Waals surface area contributed by atoms with Gasteiger partial charge in [-0.25, -0.2) is 4.79 Å². The molecule has 0 aromatic heterocycles. The zero-order valence-corrected chi connectivity index (χ0v) is 17.5. The molecule has 1 aliphatic carbocycles. The van der Waals surface area contributed by atoms with Gasteiger partial charge in [0, 0.05) is 17.5 Å². The number of halogens is 1. The van der Waals surface area contributed by atoms with Gasteiger partial charge >= 0.3 is 12.1 Å². The number of nitrogens with one attached hydrogen (secondary N) is 1. The van der Waals surface area contributed by atoms with E-state index in [4.69, 9.17) is 16.3 Å². The number of hydrogen-bond acceptors (Lipinski definition) is 3. The highest BCUT2D eigenvalue weighted by Crippen LogP contribution is 2.44. The Morgan fingerprint density at radius 2 is 1.61 bits per heavy atom. The van der Waals surface area contributed by atoms with Gasteiger partial charge in [0.25, 0.3) is 0 Å². The second kappa shape index (κ2) is 9.23. The zero-order valence-electron chi connectivity index (χ0n) is 16.8. The quantitative estimate of drug-likeness (QED) is 0.540. The molecular formula is C25H22ClNO4. The van der Waals surface area contributed by atoms with E-state index in [0.717, 1.165) is 27.8 Å². The summed E-state index contributed by atoms with van der Waals surface area (Å²) in [7, 11) is 0. The second-order valence-electron chi connectivity index (χ2n) is 7.58. The van der Waals surface area contributed by atoms with E-state index >= 15 is 0 Å². The van der Waals surface area contributed by atoms with Crippen LogP contribution in [0.5, 0.6) is 0 Å². The average Bonchev–Trinajstić information content (AvgIpc) is 3.09. The molecule has 1 atom stereocenters. The van der Waals surface area contributed by atoms with E-state index in [1.165, 1.54) is 0 Å². The lowest BCUT2D eigenvalue weighted by Gasteiger charge is -2.16. The Morgan fingerprint density at radius 1 is 0.968 bits per heavy atom. The summed E-state index contributed by atoms with van der Waals surface area (Å²) in [5.41, 5.74) is 5.36. The molecule has 1 aliphatic rings. The molecule has 1 amide bonds. The van der Waals surface area contributed by atoms with E-state index in [1.807, 2.05) is 42.5 Å². The standard InChI is InChI=1S/C25H22ClNO4/c26-18-7-5-6-16(13-18)12-17(24(28)29)14-27-25(30)31-15-23-21-10-3-1-8-19(21)20-9-2-4-11-22(20)23/h1-11,13,17,23H,12,14-15H2,(H,27,30)(H,28,29). The summed E-state index contributed by atoms with van der Waals surface area (Å²) < 4.78 is 5.48. The zero-order chi connectivity index (χ0) is 21.8. The van der Waals surface area contributed by atoms with Crippen LogP contribution >= 0.6 is 11.6 Å². The van der Waals surface area contributed by atoms with E-state index in [-0.39, 0.29) is 25.5 Å². The number of carboxylic acid groups (broad SMARTS) is 1. The van der Waals surface area contributed by atoms with Crippen LogP contribution in [0.25, 0.3) is 11.1 Å². The predicted octanol–water partition coefficient (Wildman–Crippen LogP) is 5.12. The number of amides is 1. The first kappa shape index (κ1) is 20.9. The molecule has 3 aromatic rings. The van der Waals surface area contributed by atoms with Gasteiger partial charge in [0.05, 0.1) is 5.92 Å². The Kier molecular flexibility index (Phi) is 6.23. The van der Waals surface area contributed by atoms with Crippen LogP contribution in [0.2, 0.25) is 5.02 Å². The number of aliphatic carboxylic acids is 1. The number of benzene rings is 3. The highest BCUT2D eigenvalue weighted by atomic mass is 35.5. The molecule has 2 N–H and O–H groups in total. The topological polar surface area (TPSA) is 75.6 Å². The number of alkyl carbamates (subject to hydrolysis) is 1. The van der Waals surface area contributed by atoms with Crippen molar-refractivity contribution < 1.29 is 19.4 Å². The molecule has 0 aliphatic heterocycles. The van der Waals surface area contributed by atoms with Crippen molar-refractivity contribution in [2.75, 3.05) is 13.2 Å². The summed E-state index contributed by atoms with van der Waals surface area (Å²) in [5, 5.41) is 12.7. The first-order chi connectivity index (χ1) is 15.0. The van der Waals surface area contributed by atoms with Crippen molar-refractivity contribution in [2.24, 2.45) is 5.92 Å². The molecule has 3 aromatic carbocycles. The third-order valence-corrected chi connectivity index (χ3v) is 5.79. The number of ether oxygens (including phenoxy) is 1. The maximum atomic E-state index is 12.3. The van der Waals surface area contributed by atoms with Gasteiger partial charge in [0.1, 0.15) is 6.61 Å². The van der Waals surface area contributed by atoms with Crippen LogP contribution in [-0.4, -0.2) is 30.3 Å². The molecule has 0 saturated heterocycles. The number of carbonyl (C=O) groups excluding carboxylic acids is 1. The monoisotopic (exact) mass is 435 g/mol. The van der Waals surface area contributed by atoms with E-state index < -0.39 is 18.0 Å². The lowest BCUT2D eigenvalue weighted by atomic mass is 9.98. The lowest BCUT2D eigenvalue weighted by Crippen LogP contribution is -2.35. The van der Waals surface area contributed by atoms with Crippen molar-refractivity contribution in [2.45, 2.75) is 12.3 Å². The Hall–Kier alpha value is -3.31. The molecule has 5 nitrogen and oxygen atoms in total. The fourth-order valence-corrected chi connectivity index (χ4v) is 4.26. The Morgan fingerprint density at radius 3 is 2.23 bits per heavy atom. The van der Waals surface area contributed by atoms with Gasteiger partial charge in [0.15, 0.2) is 0 Å². The first-order valence-electron chi connectivity index (χ1n) is 10.1. The fraction of sp³-hybridized carbons (Fsp3) is 0.200. The summed E-state index contributed by atoms with van der Waals surface area (Å²) in [4.78, 5) is 23.9. The molecule has 6 heteroatoms. The summed E-state index contributed by atoms with van der Waals surface area (Å²) in [6, 6.07) is 23.2. The summed E-state index contributed by atoms with van der Waals surface area (Å²) in [6.07, 6.45) is -0.362. The van der Waals surface area contributed by atoms with Crippen LogP contribution in [0.4, 0.5) is 4.79 Å². The third-order valence-electron chi connectivity index (χ3n) is 5.56.